The van der Waals surface area contributed by atoms with E-state index in [9.17, 15) is 26.4 Å². The number of hydrogen-bond acceptors (Lipinski definition) is 8. The summed E-state index contributed by atoms with van der Waals surface area (Å²) in [5, 5.41) is 6.54. The van der Waals surface area contributed by atoms with Gasteiger partial charge in [0.2, 0.25) is 16.0 Å². The van der Waals surface area contributed by atoms with E-state index in [1.54, 1.807) is 6.07 Å². The molecule has 2 aliphatic heterocycles. The van der Waals surface area contributed by atoms with Crippen LogP contribution in [0.1, 0.15) is 31.9 Å². The van der Waals surface area contributed by atoms with Crippen LogP contribution >= 0.6 is 22.9 Å². The standard InChI is InChI=1S/C22H19ClF3N5O3S2/c1-36(33,34)31-5-3-17-13(20(31)32)8-18(35-17)19-14(22(24,25)26)10-28-21(30-19)29-16-7-11-2-4-27-9-12(11)6-15(16)23/h6-8,10,27H,2-5,9H2,1H3,(H,28,29,30). The summed E-state index contributed by atoms with van der Waals surface area (Å²) in [5.74, 6) is -0.859. The first-order chi connectivity index (χ1) is 16.9. The molecule has 0 aliphatic carbocycles. The van der Waals surface area contributed by atoms with Gasteiger partial charge < -0.3 is 10.6 Å². The third-order valence-electron chi connectivity index (χ3n) is 5.96. The van der Waals surface area contributed by atoms with Crippen molar-refractivity contribution in [2.45, 2.75) is 25.6 Å². The van der Waals surface area contributed by atoms with Gasteiger partial charge in [0.1, 0.15) is 5.56 Å². The number of carbonyl (C=O) groups excluding carboxylic acids is 1. The molecule has 14 heteroatoms. The Bertz CT molecular complexity index is 1490. The maximum absolute atomic E-state index is 13.8. The number of rotatable bonds is 4. The van der Waals surface area contributed by atoms with Crippen LogP contribution in [0.15, 0.2) is 24.4 Å². The molecule has 0 saturated heterocycles. The van der Waals surface area contributed by atoms with Crippen LogP contribution in [0, 0.1) is 0 Å². The largest absolute Gasteiger partial charge is 0.420 e. The first-order valence-corrected chi connectivity index (χ1v) is 13.8. The molecule has 0 bridgehead atoms. The zero-order valence-electron chi connectivity index (χ0n) is 18.7. The first-order valence-electron chi connectivity index (χ1n) is 10.8. The van der Waals surface area contributed by atoms with E-state index < -0.39 is 33.4 Å². The molecule has 1 amide bonds. The highest BCUT2D eigenvalue weighted by atomic mass is 35.5. The normalized spacial score (nSPS) is 16.0. The predicted molar refractivity (Wildman–Crippen MR) is 130 cm³/mol. The van der Waals surface area contributed by atoms with E-state index in [-0.39, 0.29) is 29.4 Å². The van der Waals surface area contributed by atoms with Crippen molar-refractivity contribution >= 4 is 50.5 Å². The number of nitrogens with zero attached hydrogens (tertiary/aromatic N) is 3. The molecule has 0 unspecified atom stereocenters. The molecule has 0 fully saturated rings. The van der Waals surface area contributed by atoms with Crippen molar-refractivity contribution in [1.82, 2.24) is 19.6 Å². The van der Waals surface area contributed by atoms with Crippen LogP contribution in [-0.2, 0) is 35.6 Å². The molecular formula is C22H19ClF3N5O3S2. The number of thiophene rings is 1. The van der Waals surface area contributed by atoms with E-state index in [2.05, 4.69) is 20.6 Å². The summed E-state index contributed by atoms with van der Waals surface area (Å²) in [6, 6.07) is 4.89. The summed E-state index contributed by atoms with van der Waals surface area (Å²) in [6.07, 6.45) is -2.17. The van der Waals surface area contributed by atoms with Gasteiger partial charge in [0.05, 0.1) is 33.1 Å². The highest BCUT2D eigenvalue weighted by Gasteiger charge is 2.38. The molecule has 0 spiro atoms. The molecule has 2 N–H and O–H groups in total. The van der Waals surface area contributed by atoms with E-state index in [1.165, 1.54) is 6.07 Å². The van der Waals surface area contributed by atoms with Gasteiger partial charge in [0.15, 0.2) is 0 Å². The average Bonchev–Trinajstić information content (AvgIpc) is 3.23. The smallest absolute Gasteiger partial charge is 0.323 e. The summed E-state index contributed by atoms with van der Waals surface area (Å²) in [5.41, 5.74) is 1.15. The number of fused-ring (bicyclic) bond motifs is 2. The summed E-state index contributed by atoms with van der Waals surface area (Å²) in [7, 11) is -3.80. The number of amides is 1. The topological polar surface area (TPSA) is 104 Å². The van der Waals surface area contributed by atoms with E-state index in [0.717, 1.165) is 46.0 Å². The van der Waals surface area contributed by atoms with Crippen molar-refractivity contribution in [3.63, 3.8) is 0 Å². The molecule has 2 aliphatic rings. The quantitative estimate of drug-likeness (QED) is 0.495. The molecule has 0 radical (unpaired) electrons. The summed E-state index contributed by atoms with van der Waals surface area (Å²) < 4.78 is 66.1. The predicted octanol–water partition coefficient (Wildman–Crippen LogP) is 4.22. The number of nitrogens with one attached hydrogen (secondary N) is 2. The maximum Gasteiger partial charge on any atom is 0.420 e. The molecule has 3 aromatic rings. The lowest BCUT2D eigenvalue weighted by Crippen LogP contribution is -2.40. The number of anilines is 2. The molecule has 0 saturated carbocycles. The molecule has 190 valence electrons. The van der Waals surface area contributed by atoms with Gasteiger partial charge in [-0.2, -0.15) is 13.2 Å². The van der Waals surface area contributed by atoms with Crippen LogP contribution in [0.25, 0.3) is 10.6 Å². The zero-order valence-corrected chi connectivity index (χ0v) is 21.1. The fraction of sp³-hybridized carbons (Fsp3) is 0.318. The zero-order chi connectivity index (χ0) is 25.8. The van der Waals surface area contributed by atoms with Gasteiger partial charge >= 0.3 is 6.18 Å². The van der Waals surface area contributed by atoms with Gasteiger partial charge in [-0.05, 0) is 42.3 Å². The van der Waals surface area contributed by atoms with Gasteiger partial charge in [-0.1, -0.05) is 11.6 Å². The van der Waals surface area contributed by atoms with Gasteiger partial charge in [-0.3, -0.25) is 4.79 Å². The first kappa shape index (κ1) is 24.9. The molecular weight excluding hydrogens is 539 g/mol. The highest BCUT2D eigenvalue weighted by molar-refractivity contribution is 7.88. The number of aromatic nitrogens is 2. The van der Waals surface area contributed by atoms with Crippen LogP contribution in [0.2, 0.25) is 5.02 Å². The van der Waals surface area contributed by atoms with Gasteiger partial charge in [0, 0.05) is 30.6 Å². The monoisotopic (exact) mass is 557 g/mol. The van der Waals surface area contributed by atoms with E-state index in [0.29, 0.717) is 28.3 Å². The summed E-state index contributed by atoms with van der Waals surface area (Å²) in [4.78, 5) is 21.3. The number of alkyl halides is 3. The fourth-order valence-corrected chi connectivity index (χ4v) is 6.42. The molecule has 4 heterocycles. The second kappa shape index (κ2) is 8.98. The summed E-state index contributed by atoms with van der Waals surface area (Å²) >= 11 is 7.37. The fourth-order valence-electron chi connectivity index (χ4n) is 4.22. The second-order valence-corrected chi connectivity index (χ2v) is 11.9. The Balaban J connectivity index is 1.55. The number of carbonyl (C=O) groups is 1. The van der Waals surface area contributed by atoms with Gasteiger partial charge in [-0.25, -0.2) is 22.7 Å². The molecule has 0 atom stereocenters. The number of benzene rings is 1. The molecule has 1 aromatic carbocycles. The van der Waals surface area contributed by atoms with Crippen molar-refractivity contribution < 1.29 is 26.4 Å². The minimum atomic E-state index is -4.75. The minimum absolute atomic E-state index is 0.0549. The van der Waals surface area contributed by atoms with Crippen LogP contribution < -0.4 is 10.6 Å². The van der Waals surface area contributed by atoms with Crippen molar-refractivity contribution in [1.29, 1.82) is 0 Å². The highest BCUT2D eigenvalue weighted by Crippen LogP contribution is 2.41. The van der Waals surface area contributed by atoms with Crippen LogP contribution in [-0.4, -0.2) is 47.9 Å². The molecule has 8 nitrogen and oxygen atoms in total. The Kier molecular flexibility index (Phi) is 6.22. The van der Waals surface area contributed by atoms with Crippen molar-refractivity contribution in [3.8, 4) is 10.6 Å². The Hall–Kier alpha value is -2.74. The van der Waals surface area contributed by atoms with Crippen molar-refractivity contribution in [3.05, 3.63) is 56.5 Å². The molecule has 2 aromatic heterocycles. The van der Waals surface area contributed by atoms with Gasteiger partial charge in [-0.15, -0.1) is 11.3 Å². The van der Waals surface area contributed by atoms with E-state index in [1.807, 2.05) is 6.07 Å². The van der Waals surface area contributed by atoms with E-state index in [4.69, 9.17) is 11.6 Å². The van der Waals surface area contributed by atoms with Gasteiger partial charge in [0.25, 0.3) is 5.91 Å². The number of hydrogen-bond donors (Lipinski definition) is 2. The Morgan fingerprint density at radius 2 is 1.97 bits per heavy atom. The second-order valence-electron chi connectivity index (χ2n) is 8.44. The lowest BCUT2D eigenvalue weighted by atomic mass is 10.0. The third kappa shape index (κ3) is 4.67. The number of halogens is 4. The SMILES string of the molecule is CS(=O)(=O)N1CCc2sc(-c3nc(Nc4cc5c(cc4Cl)CNCC5)ncc3C(F)(F)F)cc2C1=O. The molecule has 5 rings (SSSR count). The third-order valence-corrected chi connectivity index (χ3v) is 8.62. The number of sulfonamides is 1. The molecule has 36 heavy (non-hydrogen) atoms. The van der Waals surface area contributed by atoms with Crippen LogP contribution in [0.4, 0.5) is 24.8 Å². The van der Waals surface area contributed by atoms with Crippen molar-refractivity contribution in [2.75, 3.05) is 24.7 Å². The maximum atomic E-state index is 13.8. The Labute approximate surface area is 213 Å². The van der Waals surface area contributed by atoms with E-state index >= 15 is 0 Å². The summed E-state index contributed by atoms with van der Waals surface area (Å²) in [6.45, 7) is 1.40. The van der Waals surface area contributed by atoms with Crippen molar-refractivity contribution in [2.24, 2.45) is 0 Å². The van der Waals surface area contributed by atoms with Crippen LogP contribution in [0.3, 0.4) is 0 Å². The van der Waals surface area contributed by atoms with Crippen LogP contribution in [0.5, 0.6) is 0 Å². The Morgan fingerprint density at radius 3 is 2.69 bits per heavy atom. The average molecular weight is 558 g/mol. The lowest BCUT2D eigenvalue weighted by molar-refractivity contribution is -0.137. The lowest BCUT2D eigenvalue weighted by Gasteiger charge is -2.24. The Morgan fingerprint density at radius 1 is 1.19 bits per heavy atom. The minimum Gasteiger partial charge on any atom is -0.323 e.